The molecule has 0 aliphatic carbocycles. The Hall–Kier alpha value is -2.47. The number of carbonyl (C=O) groups is 1. The number of nitrogens with zero attached hydrogens (tertiary/aromatic N) is 3. The predicted molar refractivity (Wildman–Crippen MR) is 108 cm³/mol. The Bertz CT molecular complexity index is 953. The van der Waals surface area contributed by atoms with Gasteiger partial charge in [0.15, 0.2) is 0 Å². The molecule has 0 bridgehead atoms. The Morgan fingerprint density at radius 3 is 2.65 bits per heavy atom. The Morgan fingerprint density at radius 2 is 1.85 bits per heavy atom. The van der Waals surface area contributed by atoms with Gasteiger partial charge < -0.3 is 10.2 Å². The third kappa shape index (κ3) is 3.42. The van der Waals surface area contributed by atoms with Gasteiger partial charge in [-0.2, -0.15) is 0 Å². The first-order valence-corrected chi connectivity index (χ1v) is 9.55. The maximum absolute atomic E-state index is 12.6. The first-order chi connectivity index (χ1) is 12.7. The fourth-order valence-electron chi connectivity index (χ4n) is 3.42. The first-order valence-electron chi connectivity index (χ1n) is 8.76. The molecular formula is C20H19BrN4O. The third-order valence-electron chi connectivity index (χ3n) is 4.71. The molecule has 1 amide bonds. The van der Waals surface area contributed by atoms with E-state index in [4.69, 9.17) is 0 Å². The van der Waals surface area contributed by atoms with Crippen molar-refractivity contribution in [1.29, 1.82) is 0 Å². The summed E-state index contributed by atoms with van der Waals surface area (Å²) in [5.74, 6) is -0.185. The molecule has 2 aromatic heterocycles. The average Bonchev–Trinajstić information content (AvgIpc) is 2.69. The van der Waals surface area contributed by atoms with Crippen LogP contribution in [0, 0.1) is 0 Å². The molecule has 0 radical (unpaired) electrons. The molecule has 3 heterocycles. The molecule has 1 saturated heterocycles. The van der Waals surface area contributed by atoms with Gasteiger partial charge in [0.25, 0.3) is 5.91 Å². The summed E-state index contributed by atoms with van der Waals surface area (Å²) >= 11 is 3.35. The molecule has 5 nitrogen and oxygen atoms in total. The van der Waals surface area contributed by atoms with Crippen LogP contribution in [0.5, 0.6) is 0 Å². The second kappa shape index (κ2) is 7.41. The lowest BCUT2D eigenvalue weighted by Crippen LogP contribution is -2.29. The van der Waals surface area contributed by atoms with Crippen LogP contribution in [0.25, 0.3) is 10.8 Å². The Balaban J connectivity index is 1.69. The third-order valence-corrected chi connectivity index (χ3v) is 5.14. The molecule has 0 atom stereocenters. The zero-order valence-electron chi connectivity index (χ0n) is 14.3. The van der Waals surface area contributed by atoms with Gasteiger partial charge in [-0.25, -0.2) is 0 Å². The number of piperidine rings is 1. The second-order valence-corrected chi connectivity index (χ2v) is 7.36. The molecule has 4 rings (SSSR count). The van der Waals surface area contributed by atoms with Crippen molar-refractivity contribution in [2.45, 2.75) is 19.3 Å². The molecule has 132 valence electrons. The molecule has 1 N–H and O–H groups in total. The zero-order valence-corrected chi connectivity index (χ0v) is 15.9. The van der Waals surface area contributed by atoms with Gasteiger partial charge in [-0.15, -0.1) is 0 Å². The standard InChI is InChI=1S/C20H19BrN4O/c21-15-10-14(11-23-12-15)20(26)24-18-4-5-19(25-8-2-1-3-9-25)16-6-7-22-13-17(16)18/h4-7,10-13H,1-3,8-9H2,(H,24,26). The van der Waals surface area contributed by atoms with Crippen LogP contribution in [0.3, 0.4) is 0 Å². The minimum absolute atomic E-state index is 0.185. The summed E-state index contributed by atoms with van der Waals surface area (Å²) in [6.45, 7) is 2.15. The van der Waals surface area contributed by atoms with Crippen molar-refractivity contribution in [2.75, 3.05) is 23.3 Å². The maximum atomic E-state index is 12.6. The Morgan fingerprint density at radius 1 is 1.00 bits per heavy atom. The van der Waals surface area contributed by atoms with Gasteiger partial charge in [-0.3, -0.25) is 14.8 Å². The topological polar surface area (TPSA) is 58.1 Å². The molecule has 0 saturated carbocycles. The predicted octanol–water partition coefficient (Wildman–Crippen LogP) is 4.63. The lowest BCUT2D eigenvalue weighted by Gasteiger charge is -2.30. The van der Waals surface area contributed by atoms with Gasteiger partial charge in [-0.1, -0.05) is 0 Å². The van der Waals surface area contributed by atoms with Gasteiger partial charge in [0.2, 0.25) is 0 Å². The van der Waals surface area contributed by atoms with E-state index in [1.807, 2.05) is 18.3 Å². The van der Waals surface area contributed by atoms with Crippen molar-refractivity contribution in [1.82, 2.24) is 9.97 Å². The summed E-state index contributed by atoms with van der Waals surface area (Å²) in [4.78, 5) is 23.3. The number of anilines is 2. The zero-order chi connectivity index (χ0) is 17.9. The van der Waals surface area contributed by atoms with E-state index < -0.39 is 0 Å². The number of fused-ring (bicyclic) bond motifs is 1. The average molecular weight is 411 g/mol. The Labute approximate surface area is 160 Å². The van der Waals surface area contributed by atoms with E-state index in [-0.39, 0.29) is 5.91 Å². The lowest BCUT2D eigenvalue weighted by atomic mass is 10.0. The van der Waals surface area contributed by atoms with Gasteiger partial charge in [0.05, 0.1) is 11.3 Å². The van der Waals surface area contributed by atoms with E-state index in [1.54, 1.807) is 24.7 Å². The van der Waals surface area contributed by atoms with Crippen molar-refractivity contribution in [3.05, 3.63) is 59.1 Å². The fraction of sp³-hybridized carbons (Fsp3) is 0.250. The summed E-state index contributed by atoms with van der Waals surface area (Å²) in [6, 6.07) is 7.85. The van der Waals surface area contributed by atoms with Crippen molar-refractivity contribution in [3.8, 4) is 0 Å². The number of amides is 1. The molecule has 0 unspecified atom stereocenters. The number of aromatic nitrogens is 2. The van der Waals surface area contributed by atoms with Gasteiger partial charge >= 0.3 is 0 Å². The number of rotatable bonds is 3. The largest absolute Gasteiger partial charge is 0.371 e. The normalized spacial score (nSPS) is 14.4. The highest BCUT2D eigenvalue weighted by molar-refractivity contribution is 9.10. The van der Waals surface area contributed by atoms with E-state index in [9.17, 15) is 4.79 Å². The first kappa shape index (κ1) is 17.0. The fourth-order valence-corrected chi connectivity index (χ4v) is 3.79. The smallest absolute Gasteiger partial charge is 0.257 e. The number of hydrogen-bond donors (Lipinski definition) is 1. The van der Waals surface area contributed by atoms with Crippen LogP contribution >= 0.6 is 15.9 Å². The van der Waals surface area contributed by atoms with E-state index in [0.717, 1.165) is 34.0 Å². The summed E-state index contributed by atoms with van der Waals surface area (Å²) in [7, 11) is 0. The summed E-state index contributed by atoms with van der Waals surface area (Å²) in [5, 5.41) is 5.07. The number of carbonyl (C=O) groups excluding carboxylic acids is 1. The van der Waals surface area contributed by atoms with Gasteiger partial charge in [0, 0.05) is 58.8 Å². The molecule has 3 aromatic rings. The summed E-state index contributed by atoms with van der Waals surface area (Å²) < 4.78 is 0.775. The second-order valence-electron chi connectivity index (χ2n) is 6.45. The van der Waals surface area contributed by atoms with Crippen LogP contribution in [0.15, 0.2) is 53.5 Å². The molecule has 1 aliphatic rings. The highest BCUT2D eigenvalue weighted by Gasteiger charge is 2.16. The van der Waals surface area contributed by atoms with Crippen molar-refractivity contribution < 1.29 is 4.79 Å². The van der Waals surface area contributed by atoms with Crippen molar-refractivity contribution in [3.63, 3.8) is 0 Å². The number of nitrogens with one attached hydrogen (secondary N) is 1. The van der Waals surface area contributed by atoms with E-state index in [0.29, 0.717) is 5.56 Å². The van der Waals surface area contributed by atoms with Crippen LogP contribution in [-0.2, 0) is 0 Å². The molecule has 1 aromatic carbocycles. The van der Waals surface area contributed by atoms with E-state index >= 15 is 0 Å². The SMILES string of the molecule is O=C(Nc1ccc(N2CCCCC2)c2ccncc12)c1cncc(Br)c1. The molecule has 1 fully saturated rings. The summed E-state index contributed by atoms with van der Waals surface area (Å²) in [6.07, 6.45) is 10.6. The number of halogens is 1. The monoisotopic (exact) mass is 410 g/mol. The lowest BCUT2D eigenvalue weighted by molar-refractivity contribution is 0.102. The molecule has 0 spiro atoms. The number of benzene rings is 1. The van der Waals surface area contributed by atoms with E-state index in [2.05, 4.69) is 42.2 Å². The number of hydrogen-bond acceptors (Lipinski definition) is 4. The van der Waals surface area contributed by atoms with Crippen molar-refractivity contribution >= 4 is 44.0 Å². The minimum atomic E-state index is -0.185. The quantitative estimate of drug-likeness (QED) is 0.683. The molecule has 6 heteroatoms. The van der Waals surface area contributed by atoms with Crippen LogP contribution in [0.1, 0.15) is 29.6 Å². The minimum Gasteiger partial charge on any atom is -0.371 e. The van der Waals surface area contributed by atoms with Crippen LogP contribution in [0.2, 0.25) is 0 Å². The van der Waals surface area contributed by atoms with Crippen LogP contribution in [0.4, 0.5) is 11.4 Å². The highest BCUT2D eigenvalue weighted by atomic mass is 79.9. The van der Waals surface area contributed by atoms with E-state index in [1.165, 1.54) is 24.9 Å². The molecule has 1 aliphatic heterocycles. The molecule has 26 heavy (non-hydrogen) atoms. The Kier molecular flexibility index (Phi) is 4.84. The summed E-state index contributed by atoms with van der Waals surface area (Å²) in [5.41, 5.74) is 2.49. The van der Waals surface area contributed by atoms with Gasteiger partial charge in [-0.05, 0) is 59.5 Å². The van der Waals surface area contributed by atoms with Gasteiger partial charge in [0.1, 0.15) is 0 Å². The maximum Gasteiger partial charge on any atom is 0.257 e. The molecular weight excluding hydrogens is 392 g/mol. The van der Waals surface area contributed by atoms with Crippen LogP contribution < -0.4 is 10.2 Å². The van der Waals surface area contributed by atoms with Crippen molar-refractivity contribution in [2.24, 2.45) is 0 Å². The van der Waals surface area contributed by atoms with Crippen LogP contribution in [-0.4, -0.2) is 29.0 Å². The highest BCUT2D eigenvalue weighted by Crippen LogP contribution is 2.33. The number of pyridine rings is 2.